The number of carbonyl (C=O) groups excluding carboxylic acids is 1. The summed E-state index contributed by atoms with van der Waals surface area (Å²) in [5.41, 5.74) is 3.56. The van der Waals surface area contributed by atoms with Crippen LogP contribution in [0.4, 0.5) is 5.95 Å². The van der Waals surface area contributed by atoms with Crippen LogP contribution in [-0.2, 0) is 11.3 Å². The first kappa shape index (κ1) is 19.3. The van der Waals surface area contributed by atoms with E-state index in [1.165, 1.54) is 4.68 Å². The van der Waals surface area contributed by atoms with Crippen LogP contribution in [0.3, 0.4) is 0 Å². The molecule has 146 valence electrons. The maximum atomic E-state index is 11.9. The van der Waals surface area contributed by atoms with Gasteiger partial charge >= 0.3 is 0 Å². The van der Waals surface area contributed by atoms with Crippen molar-refractivity contribution >= 4 is 29.8 Å². The second kappa shape index (κ2) is 9.46. The van der Waals surface area contributed by atoms with Crippen LogP contribution >= 0.6 is 11.8 Å². The lowest BCUT2D eigenvalue weighted by atomic mass is 10.2. The van der Waals surface area contributed by atoms with E-state index in [9.17, 15) is 4.79 Å². The molecule has 0 saturated heterocycles. The number of ether oxygens (including phenoxy) is 1. The first-order valence-electron chi connectivity index (χ1n) is 8.21. The number of anilines is 1. The molecule has 11 heteroatoms. The molecular weight excluding hydrogens is 382 g/mol. The van der Waals surface area contributed by atoms with Crippen molar-refractivity contribution in [2.75, 3.05) is 24.1 Å². The number of amides is 1. The number of carbonyl (C=O) groups is 1. The van der Waals surface area contributed by atoms with Crippen molar-refractivity contribution in [2.45, 2.75) is 11.7 Å². The average molecular weight is 401 g/mol. The lowest BCUT2D eigenvalue weighted by Crippen LogP contribution is -2.24. The average Bonchev–Trinajstić information content (AvgIpc) is 3.35. The molecule has 0 fully saturated rings. The lowest BCUT2D eigenvalue weighted by Gasteiger charge is -2.04. The number of furan rings is 1. The van der Waals surface area contributed by atoms with Crippen molar-refractivity contribution in [1.29, 1.82) is 0 Å². The van der Waals surface area contributed by atoms with Gasteiger partial charge in [0.05, 0.1) is 31.9 Å². The van der Waals surface area contributed by atoms with Gasteiger partial charge in [0.15, 0.2) is 0 Å². The third-order valence-corrected chi connectivity index (χ3v) is 4.45. The van der Waals surface area contributed by atoms with E-state index in [1.54, 1.807) is 31.7 Å². The van der Waals surface area contributed by atoms with Gasteiger partial charge in [0.25, 0.3) is 5.95 Å². The van der Waals surface area contributed by atoms with E-state index in [2.05, 4.69) is 26.0 Å². The Hall–Kier alpha value is -3.47. The van der Waals surface area contributed by atoms with Crippen molar-refractivity contribution in [3.05, 3.63) is 54.0 Å². The number of rotatable bonds is 9. The number of hydrogen-bond acceptors (Lipinski definition) is 9. The molecule has 3 aromatic rings. The Morgan fingerprint density at radius 1 is 1.39 bits per heavy atom. The van der Waals surface area contributed by atoms with Crippen LogP contribution in [0.5, 0.6) is 5.75 Å². The van der Waals surface area contributed by atoms with Crippen LogP contribution in [0.25, 0.3) is 0 Å². The molecule has 10 nitrogen and oxygen atoms in total. The topological polar surface area (TPSA) is 133 Å². The summed E-state index contributed by atoms with van der Waals surface area (Å²) in [7, 11) is 1.60. The molecule has 3 rings (SSSR count). The molecule has 2 heterocycles. The molecule has 1 aromatic carbocycles. The highest BCUT2D eigenvalue weighted by Gasteiger charge is 2.12. The van der Waals surface area contributed by atoms with Crippen molar-refractivity contribution in [3.8, 4) is 5.75 Å². The molecule has 0 aliphatic rings. The smallest absolute Gasteiger partial charge is 0.264 e. The summed E-state index contributed by atoms with van der Waals surface area (Å²) in [6.45, 7) is 0.327. The van der Waals surface area contributed by atoms with Crippen molar-refractivity contribution < 1.29 is 13.9 Å². The highest BCUT2D eigenvalue weighted by atomic mass is 32.2. The number of hydrogen-bond donors (Lipinski definition) is 3. The minimum absolute atomic E-state index is 0.142. The second-order valence-electron chi connectivity index (χ2n) is 5.47. The Balaban J connectivity index is 1.49. The summed E-state index contributed by atoms with van der Waals surface area (Å²) in [6, 6.07) is 11.0. The van der Waals surface area contributed by atoms with Gasteiger partial charge in [-0.2, -0.15) is 5.10 Å². The molecule has 2 aromatic heterocycles. The third-order valence-electron chi connectivity index (χ3n) is 3.51. The Morgan fingerprint density at radius 2 is 2.29 bits per heavy atom. The molecule has 0 unspecified atom stereocenters. The first-order valence-corrected chi connectivity index (χ1v) is 9.20. The molecule has 0 aliphatic carbocycles. The van der Waals surface area contributed by atoms with Crippen LogP contribution in [0.2, 0.25) is 0 Å². The van der Waals surface area contributed by atoms with E-state index in [4.69, 9.17) is 15.0 Å². The molecule has 0 bridgehead atoms. The molecule has 0 spiro atoms. The molecule has 28 heavy (non-hydrogen) atoms. The van der Waals surface area contributed by atoms with Gasteiger partial charge in [-0.15, -0.1) is 10.2 Å². The number of hydrazone groups is 1. The summed E-state index contributed by atoms with van der Waals surface area (Å²) < 4.78 is 11.5. The normalized spacial score (nSPS) is 10.9. The van der Waals surface area contributed by atoms with Crippen LogP contribution in [0.1, 0.15) is 11.3 Å². The van der Waals surface area contributed by atoms with Gasteiger partial charge in [-0.1, -0.05) is 23.9 Å². The maximum absolute atomic E-state index is 11.9. The van der Waals surface area contributed by atoms with Gasteiger partial charge < -0.3 is 20.3 Å². The number of thioether (sulfide) groups is 1. The van der Waals surface area contributed by atoms with Gasteiger partial charge in [-0.25, -0.2) is 10.1 Å². The zero-order chi connectivity index (χ0) is 19.8. The van der Waals surface area contributed by atoms with Gasteiger partial charge in [0.1, 0.15) is 11.5 Å². The monoisotopic (exact) mass is 401 g/mol. The minimum Gasteiger partial charge on any atom is -0.497 e. The quantitative estimate of drug-likeness (QED) is 0.212. The van der Waals surface area contributed by atoms with Crippen LogP contribution in [0.15, 0.2) is 57.3 Å². The van der Waals surface area contributed by atoms with Crippen LogP contribution < -0.4 is 21.3 Å². The van der Waals surface area contributed by atoms with Crippen molar-refractivity contribution in [2.24, 2.45) is 5.10 Å². The lowest BCUT2D eigenvalue weighted by molar-refractivity contribution is -0.118. The predicted octanol–water partition coefficient (Wildman–Crippen LogP) is 1.45. The fourth-order valence-electron chi connectivity index (χ4n) is 2.12. The fourth-order valence-corrected chi connectivity index (χ4v) is 2.80. The van der Waals surface area contributed by atoms with Gasteiger partial charge in [0, 0.05) is 0 Å². The number of nitrogens with two attached hydrogens (primary N) is 1. The summed E-state index contributed by atoms with van der Waals surface area (Å²) >= 11 is 1.16. The zero-order valence-corrected chi connectivity index (χ0v) is 15.8. The summed E-state index contributed by atoms with van der Waals surface area (Å²) in [5.74, 6) is 7.56. The molecule has 0 saturated carbocycles. The third kappa shape index (κ3) is 5.27. The van der Waals surface area contributed by atoms with E-state index in [1.807, 2.05) is 24.3 Å². The molecule has 0 aliphatic heterocycles. The van der Waals surface area contributed by atoms with Gasteiger partial charge in [-0.05, 0) is 29.8 Å². The number of methoxy groups -OCH3 is 1. The van der Waals surface area contributed by atoms with Crippen molar-refractivity contribution in [1.82, 2.24) is 20.2 Å². The largest absolute Gasteiger partial charge is 0.497 e. The molecular formula is C17H19N7O3S. The first-order chi connectivity index (χ1) is 13.7. The Bertz CT molecular complexity index is 940. The molecule has 4 N–H and O–H groups in total. The van der Waals surface area contributed by atoms with E-state index in [0.717, 1.165) is 23.1 Å². The standard InChI is InChI=1S/C17H19N7O3S/c1-26-13-5-2-4-12(8-13)9-20-21-16-22-23-17(24(16)18)28-11-15(25)19-10-14-6-3-7-27-14/h2-9H,10-11,18H2,1H3,(H,19,25)(H,21,22)/b20-9+. The number of benzene rings is 1. The summed E-state index contributed by atoms with van der Waals surface area (Å²) in [4.78, 5) is 11.9. The van der Waals surface area contributed by atoms with Crippen molar-refractivity contribution in [3.63, 3.8) is 0 Å². The second-order valence-corrected chi connectivity index (χ2v) is 6.41. The predicted molar refractivity (Wildman–Crippen MR) is 106 cm³/mol. The highest BCUT2D eigenvalue weighted by Crippen LogP contribution is 2.16. The molecule has 0 atom stereocenters. The molecule has 0 radical (unpaired) electrons. The highest BCUT2D eigenvalue weighted by molar-refractivity contribution is 7.99. The van der Waals surface area contributed by atoms with E-state index in [0.29, 0.717) is 17.5 Å². The summed E-state index contributed by atoms with van der Waals surface area (Å²) in [5, 5.41) is 15.1. The number of nitrogens with one attached hydrogen (secondary N) is 2. The maximum Gasteiger partial charge on any atom is 0.264 e. The van der Waals surface area contributed by atoms with Gasteiger partial charge in [0.2, 0.25) is 11.1 Å². The van der Waals surface area contributed by atoms with Crippen LogP contribution in [0, 0.1) is 0 Å². The Labute approximate surface area is 165 Å². The van der Waals surface area contributed by atoms with E-state index in [-0.39, 0.29) is 17.6 Å². The van der Waals surface area contributed by atoms with E-state index >= 15 is 0 Å². The van der Waals surface area contributed by atoms with Gasteiger partial charge in [-0.3, -0.25) is 4.79 Å². The fraction of sp³-hybridized carbons (Fsp3) is 0.176. The number of aromatic nitrogens is 3. The Kier molecular flexibility index (Phi) is 6.52. The Morgan fingerprint density at radius 3 is 3.07 bits per heavy atom. The van der Waals surface area contributed by atoms with E-state index < -0.39 is 0 Å². The number of nitrogen functional groups attached to an aromatic ring is 1. The molecule has 1 amide bonds. The zero-order valence-electron chi connectivity index (χ0n) is 15.0. The summed E-state index contributed by atoms with van der Waals surface area (Å²) in [6.07, 6.45) is 3.16. The number of nitrogens with zero attached hydrogens (tertiary/aromatic N) is 4. The SMILES string of the molecule is COc1cccc(/C=N/Nc2nnc(SCC(=O)NCc3ccco3)n2N)c1. The minimum atomic E-state index is -0.171. The van der Waals surface area contributed by atoms with Crippen LogP contribution in [-0.4, -0.2) is 39.9 Å².